The summed E-state index contributed by atoms with van der Waals surface area (Å²) in [4.78, 5) is 2.39. The molecule has 0 atom stereocenters. The Bertz CT molecular complexity index is 576. The summed E-state index contributed by atoms with van der Waals surface area (Å²) in [5, 5.41) is 3.21. The molecule has 0 saturated carbocycles. The Morgan fingerprint density at radius 1 is 1.24 bits per heavy atom. The maximum absolute atomic E-state index is 12.0. The number of aryl methyl sites for hydroxylation is 1. The van der Waals surface area contributed by atoms with E-state index >= 15 is 0 Å². The van der Waals surface area contributed by atoms with Gasteiger partial charge in [0, 0.05) is 26.5 Å². The number of benzene rings is 1. The van der Waals surface area contributed by atoms with Gasteiger partial charge in [0.05, 0.1) is 0 Å². The number of alkyl halides is 3. The zero-order valence-corrected chi connectivity index (χ0v) is 13.5. The molecule has 2 nitrogen and oxygen atoms in total. The van der Waals surface area contributed by atoms with Crippen LogP contribution in [0, 0.1) is 6.92 Å². The number of ether oxygens (including phenoxy) is 1. The third-order valence-electron chi connectivity index (χ3n) is 2.63. The minimum atomic E-state index is -4.32. The van der Waals surface area contributed by atoms with Crippen molar-refractivity contribution >= 4 is 33.0 Å². The molecule has 0 radical (unpaired) electrons. The van der Waals surface area contributed by atoms with E-state index in [4.69, 9.17) is 0 Å². The fraction of sp³-hybridized carbons (Fsp3) is 0.286. The standard InChI is InChI=1S/C14H13BrF3NOS/c1-9-13(15)6-12(21-9)7-19-10-2-4-11(5-3-10)20-8-14(16,17)18/h2-6,19H,7-8H2,1H3. The van der Waals surface area contributed by atoms with E-state index in [2.05, 4.69) is 26.0 Å². The van der Waals surface area contributed by atoms with Gasteiger partial charge in [0.1, 0.15) is 5.75 Å². The van der Waals surface area contributed by atoms with E-state index in [0.29, 0.717) is 6.54 Å². The molecule has 0 aliphatic carbocycles. The molecule has 1 heterocycles. The van der Waals surface area contributed by atoms with Crippen molar-refractivity contribution in [3.63, 3.8) is 0 Å². The van der Waals surface area contributed by atoms with Crippen LogP contribution in [0.4, 0.5) is 18.9 Å². The molecule has 2 aromatic rings. The second kappa shape index (κ2) is 6.70. The van der Waals surface area contributed by atoms with Crippen molar-refractivity contribution in [2.75, 3.05) is 11.9 Å². The van der Waals surface area contributed by atoms with Crippen LogP contribution >= 0.6 is 27.3 Å². The van der Waals surface area contributed by atoms with Gasteiger partial charge in [0.25, 0.3) is 0 Å². The Balaban J connectivity index is 1.87. The monoisotopic (exact) mass is 379 g/mol. The predicted octanol–water partition coefficient (Wildman–Crippen LogP) is 5.37. The molecular formula is C14H13BrF3NOS. The van der Waals surface area contributed by atoms with Crippen molar-refractivity contribution in [3.05, 3.63) is 44.6 Å². The molecule has 0 amide bonds. The number of hydrogen-bond acceptors (Lipinski definition) is 3. The van der Waals surface area contributed by atoms with Crippen LogP contribution in [0.15, 0.2) is 34.8 Å². The second-order valence-electron chi connectivity index (χ2n) is 4.40. The zero-order valence-electron chi connectivity index (χ0n) is 11.1. The molecule has 7 heteroatoms. The highest BCUT2D eigenvalue weighted by Crippen LogP contribution is 2.27. The molecule has 0 unspecified atom stereocenters. The Hall–Kier alpha value is -1.21. The van der Waals surface area contributed by atoms with Crippen LogP contribution < -0.4 is 10.1 Å². The normalized spacial score (nSPS) is 11.5. The molecule has 1 aromatic heterocycles. The second-order valence-corrected chi connectivity index (χ2v) is 6.59. The van der Waals surface area contributed by atoms with Crippen molar-refractivity contribution in [2.24, 2.45) is 0 Å². The molecule has 0 saturated heterocycles. The maximum Gasteiger partial charge on any atom is 0.422 e. The van der Waals surface area contributed by atoms with Crippen LogP contribution in [0.1, 0.15) is 9.75 Å². The molecule has 21 heavy (non-hydrogen) atoms. The Labute approximate surface area is 133 Å². The van der Waals surface area contributed by atoms with Gasteiger partial charge in [-0.1, -0.05) is 0 Å². The van der Waals surface area contributed by atoms with Gasteiger partial charge in [-0.3, -0.25) is 0 Å². The Kier molecular flexibility index (Phi) is 5.16. The summed E-state index contributed by atoms with van der Waals surface area (Å²) >= 11 is 5.15. The minimum absolute atomic E-state index is 0.201. The van der Waals surface area contributed by atoms with Crippen LogP contribution in [0.25, 0.3) is 0 Å². The molecule has 0 aliphatic heterocycles. The van der Waals surface area contributed by atoms with Gasteiger partial charge in [-0.25, -0.2) is 0 Å². The van der Waals surface area contributed by atoms with Crippen molar-refractivity contribution < 1.29 is 17.9 Å². The molecule has 2 rings (SSSR count). The topological polar surface area (TPSA) is 21.3 Å². The van der Waals surface area contributed by atoms with Crippen LogP contribution in [-0.2, 0) is 6.54 Å². The van der Waals surface area contributed by atoms with Gasteiger partial charge in [-0.15, -0.1) is 11.3 Å². The van der Waals surface area contributed by atoms with Crippen LogP contribution in [0.2, 0.25) is 0 Å². The van der Waals surface area contributed by atoms with Gasteiger partial charge in [-0.05, 0) is 53.2 Å². The summed E-state index contributed by atoms with van der Waals surface area (Å²) in [6.07, 6.45) is -4.32. The lowest BCUT2D eigenvalue weighted by molar-refractivity contribution is -0.153. The number of thiophene rings is 1. The van der Waals surface area contributed by atoms with Gasteiger partial charge < -0.3 is 10.1 Å². The molecule has 114 valence electrons. The first kappa shape index (κ1) is 16.2. The molecule has 0 fully saturated rings. The largest absolute Gasteiger partial charge is 0.484 e. The van der Waals surface area contributed by atoms with E-state index in [9.17, 15) is 13.2 Å². The summed E-state index contributed by atoms with van der Waals surface area (Å²) in [6.45, 7) is 1.42. The molecule has 0 aliphatic rings. The first-order valence-corrected chi connectivity index (χ1v) is 7.73. The van der Waals surface area contributed by atoms with Crippen molar-refractivity contribution in [2.45, 2.75) is 19.6 Å². The van der Waals surface area contributed by atoms with Crippen LogP contribution in [0.3, 0.4) is 0 Å². The molecule has 0 spiro atoms. The van der Waals surface area contributed by atoms with E-state index < -0.39 is 12.8 Å². The summed E-state index contributed by atoms with van der Waals surface area (Å²) < 4.78 is 41.8. The summed E-state index contributed by atoms with van der Waals surface area (Å²) in [5.41, 5.74) is 0.830. The molecular weight excluding hydrogens is 367 g/mol. The third kappa shape index (κ3) is 5.24. The fourth-order valence-corrected chi connectivity index (χ4v) is 3.17. The number of hydrogen-bond donors (Lipinski definition) is 1. The predicted molar refractivity (Wildman–Crippen MR) is 82.1 cm³/mol. The summed E-state index contributed by atoms with van der Waals surface area (Å²) in [6, 6.07) is 8.48. The highest BCUT2D eigenvalue weighted by molar-refractivity contribution is 9.10. The van der Waals surface area contributed by atoms with Gasteiger partial charge >= 0.3 is 6.18 Å². The van der Waals surface area contributed by atoms with E-state index in [1.165, 1.54) is 21.9 Å². The number of nitrogens with one attached hydrogen (secondary N) is 1. The molecule has 1 aromatic carbocycles. The summed E-state index contributed by atoms with van der Waals surface area (Å²) in [5.74, 6) is 0.201. The van der Waals surface area contributed by atoms with Crippen LogP contribution in [-0.4, -0.2) is 12.8 Å². The summed E-state index contributed by atoms with van der Waals surface area (Å²) in [7, 11) is 0. The van der Waals surface area contributed by atoms with Crippen molar-refractivity contribution in [3.8, 4) is 5.75 Å². The van der Waals surface area contributed by atoms with Crippen LogP contribution in [0.5, 0.6) is 5.75 Å². The first-order chi connectivity index (χ1) is 9.83. The van der Waals surface area contributed by atoms with Gasteiger partial charge in [-0.2, -0.15) is 13.2 Å². The highest BCUT2D eigenvalue weighted by atomic mass is 79.9. The van der Waals surface area contributed by atoms with Gasteiger partial charge in [0.15, 0.2) is 6.61 Å². The Morgan fingerprint density at radius 3 is 2.43 bits per heavy atom. The van der Waals surface area contributed by atoms with E-state index in [1.807, 2.05) is 13.0 Å². The average molecular weight is 380 g/mol. The highest BCUT2D eigenvalue weighted by Gasteiger charge is 2.28. The number of halogens is 4. The van der Waals surface area contributed by atoms with Crippen molar-refractivity contribution in [1.82, 2.24) is 0 Å². The fourth-order valence-electron chi connectivity index (χ4n) is 1.63. The van der Waals surface area contributed by atoms with E-state index in [0.717, 1.165) is 10.2 Å². The smallest absolute Gasteiger partial charge is 0.422 e. The lowest BCUT2D eigenvalue weighted by Gasteiger charge is -2.10. The zero-order chi connectivity index (χ0) is 15.5. The lowest BCUT2D eigenvalue weighted by atomic mass is 10.3. The maximum atomic E-state index is 12.0. The number of anilines is 1. The minimum Gasteiger partial charge on any atom is -0.484 e. The molecule has 1 N–H and O–H groups in total. The number of rotatable bonds is 5. The lowest BCUT2D eigenvalue weighted by Crippen LogP contribution is -2.19. The average Bonchev–Trinajstić information content (AvgIpc) is 2.74. The van der Waals surface area contributed by atoms with E-state index in [1.54, 1.807) is 23.5 Å². The quantitative estimate of drug-likeness (QED) is 0.753. The van der Waals surface area contributed by atoms with E-state index in [-0.39, 0.29) is 5.75 Å². The first-order valence-electron chi connectivity index (χ1n) is 6.12. The van der Waals surface area contributed by atoms with Gasteiger partial charge in [0.2, 0.25) is 0 Å². The SMILES string of the molecule is Cc1sc(CNc2ccc(OCC(F)(F)F)cc2)cc1Br. The molecule has 0 bridgehead atoms. The Morgan fingerprint density at radius 2 is 1.90 bits per heavy atom. The van der Waals surface area contributed by atoms with Crippen molar-refractivity contribution in [1.29, 1.82) is 0 Å². The third-order valence-corrected chi connectivity index (χ3v) is 4.77.